The Hall–Kier alpha value is -3.32. The van der Waals surface area contributed by atoms with Crippen molar-refractivity contribution in [2.45, 2.75) is 54.7 Å². The molecule has 3 rings (SSSR count). The van der Waals surface area contributed by atoms with Crippen LogP contribution in [0, 0.1) is 0 Å². The number of ether oxygens (including phenoxy) is 1. The molecular weight excluding hydrogens is 640 g/mol. The number of aliphatic carboxylic acids is 1. The Morgan fingerprint density at radius 1 is 1.20 bits per heavy atom. The molecule has 2 aromatic carbocycles. The summed E-state index contributed by atoms with van der Waals surface area (Å²) in [5.74, 6) is -2.61. The van der Waals surface area contributed by atoms with E-state index in [1.807, 2.05) is 30.3 Å². The largest absolute Gasteiger partial charge is 0.480 e. The molecule has 6 N–H and O–H groups in total. The van der Waals surface area contributed by atoms with Gasteiger partial charge in [0, 0.05) is 7.05 Å². The lowest BCUT2D eigenvalue weighted by Gasteiger charge is -2.37. The number of aryl methyl sites for hydroxylation is 1. The fourth-order valence-electron chi connectivity index (χ4n) is 4.56. The van der Waals surface area contributed by atoms with E-state index in [4.69, 9.17) is 21.5 Å². The van der Waals surface area contributed by atoms with Gasteiger partial charge in [-0.05, 0) is 44.4 Å². The van der Waals surface area contributed by atoms with Crippen LogP contribution < -0.4 is 20.5 Å². The molecule has 1 amide bonds. The van der Waals surface area contributed by atoms with Crippen molar-refractivity contribution in [1.82, 2.24) is 20.1 Å². The fourth-order valence-corrected chi connectivity index (χ4v) is 7.05. The second kappa shape index (κ2) is 14.6. The molecule has 0 aliphatic carbocycles. The van der Waals surface area contributed by atoms with E-state index in [0.29, 0.717) is 12.8 Å². The quantitative estimate of drug-likeness (QED) is 0.135. The van der Waals surface area contributed by atoms with Gasteiger partial charge in [0.05, 0.1) is 29.9 Å². The number of benzene rings is 2. The van der Waals surface area contributed by atoms with E-state index < -0.39 is 72.5 Å². The molecule has 0 spiro atoms. The predicted molar refractivity (Wildman–Crippen MR) is 160 cm³/mol. The number of primary sulfonamides is 1. The Kier molecular flexibility index (Phi) is 11.7. The predicted octanol–water partition coefficient (Wildman–Crippen LogP) is 0.320. The molecule has 0 saturated heterocycles. The lowest BCUT2D eigenvalue weighted by atomic mass is 10.0. The first-order valence-corrected chi connectivity index (χ1v) is 16.8. The van der Waals surface area contributed by atoms with Crippen LogP contribution in [0.2, 0.25) is 5.02 Å². The number of esters is 1. The highest BCUT2D eigenvalue weighted by molar-refractivity contribution is 7.90. The number of hydrazine groups is 1. The van der Waals surface area contributed by atoms with Crippen molar-refractivity contribution in [3.63, 3.8) is 0 Å². The van der Waals surface area contributed by atoms with Gasteiger partial charge in [0.25, 0.3) is 5.91 Å². The number of carboxylic acids is 1. The number of likely N-dealkylation sites (N-methyl/N-ethyl adjacent to an activating group) is 1. The number of anilines is 1. The first-order chi connectivity index (χ1) is 20.5. The van der Waals surface area contributed by atoms with Gasteiger partial charge in [0.1, 0.15) is 28.5 Å². The highest BCUT2D eigenvalue weighted by atomic mass is 35.5. The van der Waals surface area contributed by atoms with E-state index in [1.54, 1.807) is 6.92 Å². The number of carbonyl (C=O) groups is 3. The molecule has 1 unspecified atom stereocenters. The molecule has 1 heterocycles. The molecule has 0 fully saturated rings. The molecule has 0 aromatic heterocycles. The minimum Gasteiger partial charge on any atom is -0.480 e. The third-order valence-electron chi connectivity index (χ3n) is 6.61. The molecular formula is C26H35ClN6O9S2. The van der Waals surface area contributed by atoms with Gasteiger partial charge in [-0.3, -0.25) is 24.7 Å². The summed E-state index contributed by atoms with van der Waals surface area (Å²) in [5, 5.41) is 22.3. The van der Waals surface area contributed by atoms with Crippen LogP contribution in [0.5, 0.6) is 0 Å². The van der Waals surface area contributed by atoms with Gasteiger partial charge < -0.3 is 15.2 Å². The maximum Gasteiger partial charge on any atom is 0.324 e. The lowest BCUT2D eigenvalue weighted by Crippen LogP contribution is -2.59. The van der Waals surface area contributed by atoms with Crippen LogP contribution in [0.4, 0.5) is 5.69 Å². The number of sulfonamides is 2. The number of amides is 1. The maximum atomic E-state index is 13.5. The topological polar surface area (TPSA) is 218 Å². The lowest BCUT2D eigenvalue weighted by molar-refractivity contribution is -0.159. The number of nitrogens with two attached hydrogens (primary N) is 1. The molecule has 18 heteroatoms. The van der Waals surface area contributed by atoms with Crippen LogP contribution in [0.15, 0.2) is 52.3 Å². The zero-order chi connectivity index (χ0) is 32.8. The van der Waals surface area contributed by atoms with Crippen molar-refractivity contribution in [1.29, 1.82) is 0 Å². The van der Waals surface area contributed by atoms with E-state index >= 15 is 0 Å². The van der Waals surface area contributed by atoms with Gasteiger partial charge in [-0.1, -0.05) is 41.9 Å². The van der Waals surface area contributed by atoms with E-state index in [0.717, 1.165) is 22.7 Å². The standard InChI is InChI=1S/C26H35ClN6O9S2/c1-4-42-26(37)19(11-10-17-8-6-5-7-9-17)29-16(2)25(36)33(15-24(34)35)32(3)14-23-30-20-12-18(27)21(43(28,38)39)13-22(20)44(40,41)31-23/h5-9,12-13,16,19,23,29-31H,4,10-11,14-15H2,1-3H3,(H,34,35)(H2,28,38,39)/t16-,19-,23?/m0/s1. The normalized spacial score (nSPS) is 17.2. The SMILES string of the molecule is CCOC(=O)[C@H](CCc1ccccc1)N[C@@H](C)C(=O)N(CC(=O)O)N(C)CC1Nc2cc(Cl)c(S(N)(=O)=O)cc2S(=O)(=O)N1. The molecule has 1 aliphatic heterocycles. The number of fused-ring (bicyclic) bond motifs is 1. The van der Waals surface area contributed by atoms with Crippen LogP contribution in [-0.2, 0) is 45.6 Å². The third kappa shape index (κ3) is 9.10. The zero-order valence-corrected chi connectivity index (χ0v) is 26.6. The van der Waals surface area contributed by atoms with Crippen LogP contribution in [0.25, 0.3) is 0 Å². The Morgan fingerprint density at radius 2 is 1.86 bits per heavy atom. The number of hydrogen-bond acceptors (Lipinski definition) is 11. The molecule has 0 saturated carbocycles. The summed E-state index contributed by atoms with van der Waals surface area (Å²) >= 11 is 6.03. The summed E-state index contributed by atoms with van der Waals surface area (Å²) < 4.78 is 57.1. The van der Waals surface area contributed by atoms with Gasteiger partial charge in [0.15, 0.2) is 0 Å². The average Bonchev–Trinajstić information content (AvgIpc) is 2.92. The number of nitrogens with zero attached hydrogens (tertiary/aromatic N) is 2. The molecule has 0 bridgehead atoms. The number of rotatable bonds is 14. The highest BCUT2D eigenvalue weighted by Gasteiger charge is 2.35. The van der Waals surface area contributed by atoms with Gasteiger partial charge in [-0.15, -0.1) is 0 Å². The van der Waals surface area contributed by atoms with Crippen LogP contribution in [0.3, 0.4) is 0 Å². The summed E-state index contributed by atoms with van der Waals surface area (Å²) in [5.41, 5.74) is 0.947. The molecule has 44 heavy (non-hydrogen) atoms. The smallest absolute Gasteiger partial charge is 0.324 e. The van der Waals surface area contributed by atoms with E-state index in [9.17, 15) is 36.3 Å². The fraction of sp³-hybridized carbons (Fsp3) is 0.423. The first kappa shape index (κ1) is 35.2. The summed E-state index contributed by atoms with van der Waals surface area (Å²) in [6.45, 7) is 2.23. The third-order valence-corrected chi connectivity index (χ3v) is 9.50. The molecule has 15 nitrogen and oxygen atoms in total. The molecule has 242 valence electrons. The average molecular weight is 675 g/mol. The number of hydrogen-bond donors (Lipinski definition) is 5. The number of carboxylic acid groups (broad SMARTS) is 1. The monoisotopic (exact) mass is 674 g/mol. The number of carbonyl (C=O) groups excluding carboxylic acids is 2. The first-order valence-electron chi connectivity index (χ1n) is 13.4. The van der Waals surface area contributed by atoms with Crippen LogP contribution in [-0.4, -0.2) is 94.8 Å². The maximum absolute atomic E-state index is 13.5. The highest BCUT2D eigenvalue weighted by Crippen LogP contribution is 2.33. The van der Waals surface area contributed by atoms with Crippen molar-refractivity contribution < 1.29 is 41.1 Å². The van der Waals surface area contributed by atoms with E-state index in [1.165, 1.54) is 19.0 Å². The summed E-state index contributed by atoms with van der Waals surface area (Å²) in [6, 6.07) is 9.40. The van der Waals surface area contributed by atoms with Crippen molar-refractivity contribution in [2.75, 3.05) is 32.1 Å². The Morgan fingerprint density at radius 3 is 2.45 bits per heavy atom. The van der Waals surface area contributed by atoms with Gasteiger partial charge >= 0.3 is 11.9 Å². The Balaban J connectivity index is 1.78. The molecule has 2 aromatic rings. The van der Waals surface area contributed by atoms with Crippen molar-refractivity contribution in [3.8, 4) is 0 Å². The Labute approximate surface area is 260 Å². The van der Waals surface area contributed by atoms with Gasteiger partial charge in [-0.2, -0.15) is 4.72 Å². The van der Waals surface area contributed by atoms with Crippen LogP contribution >= 0.6 is 11.6 Å². The zero-order valence-electron chi connectivity index (χ0n) is 24.2. The minimum atomic E-state index is -4.32. The van der Waals surface area contributed by atoms with Crippen molar-refractivity contribution in [2.24, 2.45) is 5.14 Å². The Bertz CT molecular complexity index is 1590. The molecule has 0 radical (unpaired) electrons. The number of nitrogens with one attached hydrogen (secondary N) is 3. The molecule has 1 aliphatic rings. The van der Waals surface area contributed by atoms with Crippen molar-refractivity contribution >= 4 is 55.2 Å². The van der Waals surface area contributed by atoms with E-state index in [2.05, 4.69) is 15.4 Å². The van der Waals surface area contributed by atoms with E-state index in [-0.39, 0.29) is 23.9 Å². The van der Waals surface area contributed by atoms with Gasteiger partial charge in [-0.25, -0.2) is 27.0 Å². The minimum absolute atomic E-state index is 0.0265. The summed E-state index contributed by atoms with van der Waals surface area (Å²) in [4.78, 5) is 36.9. The second-order valence-electron chi connectivity index (χ2n) is 9.99. The number of halogens is 1. The van der Waals surface area contributed by atoms with Crippen molar-refractivity contribution in [3.05, 3.63) is 53.1 Å². The van der Waals surface area contributed by atoms with Crippen LogP contribution in [0.1, 0.15) is 25.8 Å². The summed E-state index contributed by atoms with van der Waals surface area (Å²) in [7, 11) is -7.22. The summed E-state index contributed by atoms with van der Waals surface area (Å²) in [6.07, 6.45) is -0.285. The second-order valence-corrected chi connectivity index (χ2v) is 13.6. The van der Waals surface area contributed by atoms with Gasteiger partial charge in [0.2, 0.25) is 20.0 Å². The molecule has 3 atom stereocenters.